The van der Waals surface area contributed by atoms with Crippen molar-refractivity contribution >= 4 is 23.4 Å². The molecular formula is C23H29ClN2O3. The molecule has 156 valence electrons. The highest BCUT2D eigenvalue weighted by molar-refractivity contribution is 6.31. The van der Waals surface area contributed by atoms with E-state index in [4.69, 9.17) is 16.3 Å². The quantitative estimate of drug-likeness (QED) is 0.663. The van der Waals surface area contributed by atoms with Crippen molar-refractivity contribution in [2.45, 2.75) is 46.7 Å². The van der Waals surface area contributed by atoms with Gasteiger partial charge in [0, 0.05) is 18.1 Å². The highest BCUT2D eigenvalue weighted by Gasteiger charge is 2.26. The van der Waals surface area contributed by atoms with E-state index in [0.717, 1.165) is 23.1 Å². The Morgan fingerprint density at radius 3 is 2.52 bits per heavy atom. The fraction of sp³-hybridized carbons (Fsp3) is 0.391. The lowest BCUT2D eigenvalue weighted by molar-refractivity contribution is -0.142. The van der Waals surface area contributed by atoms with Gasteiger partial charge < -0.3 is 15.0 Å². The van der Waals surface area contributed by atoms with E-state index in [9.17, 15) is 9.59 Å². The third-order valence-corrected chi connectivity index (χ3v) is 5.22. The summed E-state index contributed by atoms with van der Waals surface area (Å²) in [6, 6.07) is 12.4. The first-order valence-electron chi connectivity index (χ1n) is 9.84. The number of hydrogen-bond acceptors (Lipinski definition) is 3. The highest BCUT2D eigenvalue weighted by Crippen LogP contribution is 2.20. The Morgan fingerprint density at radius 2 is 1.86 bits per heavy atom. The second-order valence-corrected chi connectivity index (χ2v) is 7.52. The van der Waals surface area contributed by atoms with E-state index in [-0.39, 0.29) is 25.0 Å². The van der Waals surface area contributed by atoms with Crippen LogP contribution in [0, 0.1) is 13.8 Å². The lowest BCUT2D eigenvalue weighted by atomic mass is 10.1. The lowest BCUT2D eigenvalue weighted by Gasteiger charge is -2.29. The van der Waals surface area contributed by atoms with Gasteiger partial charge in [-0.3, -0.25) is 9.59 Å². The summed E-state index contributed by atoms with van der Waals surface area (Å²) in [5.41, 5.74) is 3.03. The summed E-state index contributed by atoms with van der Waals surface area (Å²) in [5, 5.41) is 3.41. The van der Waals surface area contributed by atoms with Gasteiger partial charge in [0.2, 0.25) is 5.91 Å². The SMILES string of the molecule is CCCNC(=O)[C@H](C)N(Cc1ccccc1Cl)C(=O)COc1ccc(C)c(C)c1. The summed E-state index contributed by atoms with van der Waals surface area (Å²) in [5.74, 6) is 0.156. The number of nitrogens with zero attached hydrogens (tertiary/aromatic N) is 1. The predicted octanol–water partition coefficient (Wildman–Crippen LogP) is 4.28. The van der Waals surface area contributed by atoms with Crippen LogP contribution in [0.3, 0.4) is 0 Å². The van der Waals surface area contributed by atoms with Gasteiger partial charge in [-0.2, -0.15) is 0 Å². The van der Waals surface area contributed by atoms with Crippen LogP contribution in [0.1, 0.15) is 37.0 Å². The number of benzene rings is 2. The lowest BCUT2D eigenvalue weighted by Crippen LogP contribution is -2.49. The predicted molar refractivity (Wildman–Crippen MR) is 116 cm³/mol. The Labute approximate surface area is 178 Å². The van der Waals surface area contributed by atoms with Crippen molar-refractivity contribution < 1.29 is 14.3 Å². The minimum absolute atomic E-state index is 0.154. The van der Waals surface area contributed by atoms with E-state index in [1.165, 1.54) is 4.90 Å². The molecule has 0 aliphatic heterocycles. The number of rotatable bonds is 9. The molecule has 6 heteroatoms. The average molecular weight is 417 g/mol. The topological polar surface area (TPSA) is 58.6 Å². The van der Waals surface area contributed by atoms with Gasteiger partial charge in [0.1, 0.15) is 11.8 Å². The Kier molecular flexibility index (Phi) is 8.52. The maximum atomic E-state index is 13.0. The molecule has 0 unspecified atom stereocenters. The zero-order valence-electron chi connectivity index (χ0n) is 17.5. The van der Waals surface area contributed by atoms with Crippen LogP contribution in [0.4, 0.5) is 0 Å². The number of aryl methyl sites for hydroxylation is 2. The summed E-state index contributed by atoms with van der Waals surface area (Å²) in [4.78, 5) is 27.0. The van der Waals surface area contributed by atoms with E-state index < -0.39 is 6.04 Å². The number of amides is 2. The number of carbonyl (C=O) groups is 2. The summed E-state index contributed by atoms with van der Waals surface area (Å²) >= 11 is 6.28. The van der Waals surface area contributed by atoms with Gasteiger partial charge in [0.15, 0.2) is 6.61 Å². The number of hydrogen-bond donors (Lipinski definition) is 1. The summed E-state index contributed by atoms with van der Waals surface area (Å²) in [6.07, 6.45) is 0.826. The molecule has 0 spiro atoms. The van der Waals surface area contributed by atoms with Crippen molar-refractivity contribution in [2.24, 2.45) is 0 Å². The van der Waals surface area contributed by atoms with Crippen molar-refractivity contribution in [1.29, 1.82) is 0 Å². The zero-order valence-corrected chi connectivity index (χ0v) is 18.3. The van der Waals surface area contributed by atoms with Crippen molar-refractivity contribution in [2.75, 3.05) is 13.2 Å². The first-order chi connectivity index (χ1) is 13.8. The second-order valence-electron chi connectivity index (χ2n) is 7.11. The standard InChI is InChI=1S/C23H29ClN2O3/c1-5-12-25-23(28)18(4)26(14-19-8-6-7-9-21(19)24)22(27)15-29-20-11-10-16(2)17(3)13-20/h6-11,13,18H,5,12,14-15H2,1-4H3,(H,25,28)/t18-/m0/s1. The molecule has 0 fully saturated rings. The van der Waals surface area contributed by atoms with Gasteiger partial charge in [0.25, 0.3) is 5.91 Å². The monoisotopic (exact) mass is 416 g/mol. The molecule has 29 heavy (non-hydrogen) atoms. The molecule has 0 aromatic heterocycles. The van der Waals surface area contributed by atoms with Crippen LogP contribution in [0.15, 0.2) is 42.5 Å². The van der Waals surface area contributed by atoms with Crippen LogP contribution in [-0.2, 0) is 16.1 Å². The van der Waals surface area contributed by atoms with Crippen molar-refractivity contribution in [3.8, 4) is 5.75 Å². The molecule has 0 saturated carbocycles. The Morgan fingerprint density at radius 1 is 1.14 bits per heavy atom. The van der Waals surface area contributed by atoms with Gasteiger partial charge >= 0.3 is 0 Å². The third-order valence-electron chi connectivity index (χ3n) is 4.86. The first-order valence-corrected chi connectivity index (χ1v) is 10.2. The smallest absolute Gasteiger partial charge is 0.261 e. The van der Waals surface area contributed by atoms with Crippen molar-refractivity contribution in [3.63, 3.8) is 0 Å². The van der Waals surface area contributed by atoms with Gasteiger partial charge in [-0.05, 0) is 62.1 Å². The maximum absolute atomic E-state index is 13.0. The van der Waals surface area contributed by atoms with Crippen LogP contribution in [0.25, 0.3) is 0 Å². The molecule has 2 rings (SSSR count). The Hall–Kier alpha value is -2.53. The minimum Gasteiger partial charge on any atom is -0.484 e. The van der Waals surface area contributed by atoms with Crippen LogP contribution >= 0.6 is 11.6 Å². The largest absolute Gasteiger partial charge is 0.484 e. The molecule has 2 aromatic rings. The van der Waals surface area contributed by atoms with Gasteiger partial charge in [-0.15, -0.1) is 0 Å². The molecule has 0 aliphatic rings. The zero-order chi connectivity index (χ0) is 21.4. The fourth-order valence-corrected chi connectivity index (χ4v) is 3.02. The van der Waals surface area contributed by atoms with E-state index in [1.807, 2.05) is 57.2 Å². The normalized spacial score (nSPS) is 11.6. The molecular weight excluding hydrogens is 388 g/mol. The molecule has 2 amide bonds. The second kappa shape index (κ2) is 10.9. The molecule has 0 bridgehead atoms. The molecule has 0 aliphatic carbocycles. The third kappa shape index (κ3) is 6.50. The van der Waals surface area contributed by atoms with Crippen molar-refractivity contribution in [1.82, 2.24) is 10.2 Å². The highest BCUT2D eigenvalue weighted by atomic mass is 35.5. The van der Waals surface area contributed by atoms with E-state index >= 15 is 0 Å². The van der Waals surface area contributed by atoms with Crippen LogP contribution < -0.4 is 10.1 Å². The van der Waals surface area contributed by atoms with E-state index in [0.29, 0.717) is 17.3 Å². The van der Waals surface area contributed by atoms with Gasteiger partial charge in [0.05, 0.1) is 0 Å². The van der Waals surface area contributed by atoms with Crippen LogP contribution in [-0.4, -0.2) is 35.9 Å². The summed E-state index contributed by atoms with van der Waals surface area (Å²) in [7, 11) is 0. The molecule has 0 saturated heterocycles. The minimum atomic E-state index is -0.645. The number of carbonyl (C=O) groups excluding carboxylic acids is 2. The Bertz CT molecular complexity index is 854. The number of halogens is 1. The fourth-order valence-electron chi connectivity index (χ4n) is 2.82. The average Bonchev–Trinajstić information content (AvgIpc) is 2.71. The molecule has 0 radical (unpaired) electrons. The molecule has 2 aromatic carbocycles. The molecule has 0 heterocycles. The van der Waals surface area contributed by atoms with E-state index in [1.54, 1.807) is 13.0 Å². The van der Waals surface area contributed by atoms with Crippen molar-refractivity contribution in [3.05, 3.63) is 64.2 Å². The summed E-state index contributed by atoms with van der Waals surface area (Å²) < 4.78 is 5.71. The van der Waals surface area contributed by atoms with Crippen LogP contribution in [0.5, 0.6) is 5.75 Å². The van der Waals surface area contributed by atoms with Crippen LogP contribution in [0.2, 0.25) is 5.02 Å². The summed E-state index contributed by atoms with van der Waals surface area (Å²) in [6.45, 7) is 8.36. The van der Waals surface area contributed by atoms with E-state index in [2.05, 4.69) is 5.32 Å². The molecule has 1 N–H and O–H groups in total. The van der Waals surface area contributed by atoms with Gasteiger partial charge in [-0.1, -0.05) is 42.8 Å². The van der Waals surface area contributed by atoms with Gasteiger partial charge in [-0.25, -0.2) is 0 Å². The maximum Gasteiger partial charge on any atom is 0.261 e. The number of ether oxygens (including phenoxy) is 1. The first kappa shape index (κ1) is 22.8. The number of nitrogens with one attached hydrogen (secondary N) is 1. The Balaban J connectivity index is 2.15. The molecule has 1 atom stereocenters. The molecule has 5 nitrogen and oxygen atoms in total.